The van der Waals surface area contributed by atoms with Crippen LogP contribution < -0.4 is 9.88 Å². The number of sulfonamides is 1. The molecular formula is C17H16ClN3O4S. The van der Waals surface area contributed by atoms with Gasteiger partial charge in [0.25, 0.3) is 0 Å². The molecule has 0 aliphatic rings. The van der Waals surface area contributed by atoms with Crippen molar-refractivity contribution in [3.8, 4) is 22.7 Å². The molecule has 0 saturated heterocycles. The fraction of sp³-hybridized carbons (Fsp3) is 0.118. The van der Waals surface area contributed by atoms with Gasteiger partial charge in [0.15, 0.2) is 0 Å². The van der Waals surface area contributed by atoms with E-state index >= 15 is 0 Å². The van der Waals surface area contributed by atoms with Gasteiger partial charge in [-0.05, 0) is 48.5 Å². The summed E-state index contributed by atoms with van der Waals surface area (Å²) in [6.07, 6.45) is 0. The molecule has 26 heavy (non-hydrogen) atoms. The Bertz CT molecular complexity index is 1050. The summed E-state index contributed by atoms with van der Waals surface area (Å²) < 4.78 is 29.6. The molecule has 9 heteroatoms. The maximum Gasteiger partial charge on any atom is 0.238 e. The first-order chi connectivity index (χ1) is 12.3. The molecule has 0 bridgehead atoms. The van der Waals surface area contributed by atoms with Gasteiger partial charge in [0.1, 0.15) is 5.75 Å². The molecule has 3 aromatic rings. The number of primary sulfonamides is 1. The normalized spacial score (nSPS) is 11.5. The lowest BCUT2D eigenvalue weighted by Crippen LogP contribution is -2.12. The third-order valence-electron chi connectivity index (χ3n) is 3.78. The van der Waals surface area contributed by atoms with Crippen molar-refractivity contribution in [2.24, 2.45) is 5.14 Å². The van der Waals surface area contributed by atoms with Crippen LogP contribution in [0.3, 0.4) is 0 Å². The van der Waals surface area contributed by atoms with Gasteiger partial charge in [0, 0.05) is 5.56 Å². The number of nitrogens with zero attached hydrogens (tertiary/aromatic N) is 2. The van der Waals surface area contributed by atoms with Crippen LogP contribution in [-0.4, -0.2) is 30.4 Å². The average molecular weight is 394 g/mol. The van der Waals surface area contributed by atoms with Gasteiger partial charge in [-0.15, -0.1) is 0 Å². The van der Waals surface area contributed by atoms with Crippen molar-refractivity contribution in [1.82, 2.24) is 9.78 Å². The Labute approximate surface area is 155 Å². The summed E-state index contributed by atoms with van der Waals surface area (Å²) in [6, 6.07) is 13.0. The lowest BCUT2D eigenvalue weighted by Gasteiger charge is -2.10. The van der Waals surface area contributed by atoms with Crippen LogP contribution in [0.1, 0.15) is 5.69 Å². The van der Waals surface area contributed by atoms with E-state index in [4.69, 9.17) is 21.5 Å². The molecule has 0 fully saturated rings. The second-order valence-electron chi connectivity index (χ2n) is 5.48. The topological polar surface area (TPSA) is 107 Å². The Morgan fingerprint density at radius 1 is 1.19 bits per heavy atom. The number of hydrogen-bond acceptors (Lipinski definition) is 5. The van der Waals surface area contributed by atoms with E-state index in [-0.39, 0.29) is 11.5 Å². The van der Waals surface area contributed by atoms with Crippen LogP contribution in [0.4, 0.5) is 0 Å². The largest absolute Gasteiger partial charge is 0.495 e. The molecule has 0 amide bonds. The molecule has 7 nitrogen and oxygen atoms in total. The van der Waals surface area contributed by atoms with Crippen molar-refractivity contribution in [3.63, 3.8) is 0 Å². The third kappa shape index (κ3) is 3.58. The number of methoxy groups -OCH3 is 1. The molecule has 0 radical (unpaired) electrons. The number of benzene rings is 2. The second kappa shape index (κ2) is 7.08. The molecular weight excluding hydrogens is 378 g/mol. The van der Waals surface area contributed by atoms with E-state index in [0.717, 1.165) is 5.56 Å². The van der Waals surface area contributed by atoms with E-state index in [0.29, 0.717) is 27.8 Å². The molecule has 0 aliphatic heterocycles. The second-order valence-corrected chi connectivity index (χ2v) is 7.45. The van der Waals surface area contributed by atoms with E-state index in [1.165, 1.54) is 19.2 Å². The Morgan fingerprint density at radius 3 is 2.42 bits per heavy atom. The quantitative estimate of drug-likeness (QED) is 0.691. The number of aliphatic hydroxyl groups is 1. The molecule has 0 saturated carbocycles. The number of ether oxygens (including phenoxy) is 1. The molecule has 1 aromatic heterocycles. The number of rotatable bonds is 5. The first kappa shape index (κ1) is 18.4. The minimum Gasteiger partial charge on any atom is -0.495 e. The molecule has 3 N–H and O–H groups in total. The number of halogens is 1. The zero-order valence-electron chi connectivity index (χ0n) is 13.8. The van der Waals surface area contributed by atoms with Crippen molar-refractivity contribution in [1.29, 1.82) is 0 Å². The molecule has 1 heterocycles. The molecule has 3 rings (SSSR count). The predicted molar refractivity (Wildman–Crippen MR) is 97.9 cm³/mol. The van der Waals surface area contributed by atoms with Crippen LogP contribution in [0, 0.1) is 0 Å². The highest BCUT2D eigenvalue weighted by atomic mass is 35.5. The van der Waals surface area contributed by atoms with Crippen LogP contribution in [0.2, 0.25) is 5.02 Å². The number of hydrogen-bond donors (Lipinski definition) is 2. The molecule has 0 atom stereocenters. The number of nitrogens with two attached hydrogens (primary N) is 1. The molecule has 0 spiro atoms. The number of aromatic nitrogens is 2. The lowest BCUT2D eigenvalue weighted by atomic mass is 10.1. The van der Waals surface area contributed by atoms with Crippen molar-refractivity contribution >= 4 is 21.6 Å². The highest BCUT2D eigenvalue weighted by Crippen LogP contribution is 2.31. The van der Waals surface area contributed by atoms with Crippen molar-refractivity contribution in [2.45, 2.75) is 11.5 Å². The van der Waals surface area contributed by atoms with E-state index in [1.54, 1.807) is 35.0 Å². The Hall–Kier alpha value is -2.39. The van der Waals surface area contributed by atoms with Crippen LogP contribution >= 0.6 is 11.6 Å². The number of aliphatic hydroxyl groups excluding tert-OH is 1. The Kier molecular flexibility index (Phi) is 5.01. The van der Waals surface area contributed by atoms with Gasteiger partial charge in [-0.3, -0.25) is 0 Å². The highest BCUT2D eigenvalue weighted by molar-refractivity contribution is 7.89. The zero-order chi connectivity index (χ0) is 18.9. The summed E-state index contributed by atoms with van der Waals surface area (Å²) in [6.45, 7) is -0.237. The molecule has 136 valence electrons. The van der Waals surface area contributed by atoms with Gasteiger partial charge in [0.05, 0.1) is 40.7 Å². The minimum absolute atomic E-state index is 0.00447. The van der Waals surface area contributed by atoms with Gasteiger partial charge in [-0.2, -0.15) is 5.10 Å². The summed E-state index contributed by atoms with van der Waals surface area (Å²) >= 11 is 6.20. The fourth-order valence-corrected chi connectivity index (χ4v) is 3.29. The monoisotopic (exact) mass is 393 g/mol. The minimum atomic E-state index is -3.78. The fourth-order valence-electron chi connectivity index (χ4n) is 2.51. The maximum absolute atomic E-state index is 11.4. The average Bonchev–Trinajstić information content (AvgIpc) is 3.05. The van der Waals surface area contributed by atoms with Gasteiger partial charge in [0.2, 0.25) is 10.0 Å². The van der Waals surface area contributed by atoms with Crippen LogP contribution in [-0.2, 0) is 16.6 Å². The molecule has 0 aliphatic carbocycles. The summed E-state index contributed by atoms with van der Waals surface area (Å²) in [7, 11) is -2.25. The van der Waals surface area contributed by atoms with Crippen LogP contribution in [0.25, 0.3) is 16.9 Å². The Morgan fingerprint density at radius 2 is 1.88 bits per heavy atom. The van der Waals surface area contributed by atoms with E-state index in [1.807, 2.05) is 6.07 Å². The summed E-state index contributed by atoms with van der Waals surface area (Å²) in [5, 5.41) is 19.4. The van der Waals surface area contributed by atoms with E-state index in [2.05, 4.69) is 5.10 Å². The summed E-state index contributed by atoms with van der Waals surface area (Å²) in [4.78, 5) is 0.00447. The van der Waals surface area contributed by atoms with E-state index < -0.39 is 10.0 Å². The predicted octanol–water partition coefficient (Wildman–Crippen LogP) is 2.34. The smallest absolute Gasteiger partial charge is 0.238 e. The van der Waals surface area contributed by atoms with Gasteiger partial charge in [-0.1, -0.05) is 11.6 Å². The van der Waals surface area contributed by atoms with Gasteiger partial charge >= 0.3 is 0 Å². The standard InChI is InChI=1S/C17H16ClN3O4S/c1-25-17-7-2-11(8-15(17)18)16-9-12(10-22)20-21(16)13-3-5-14(6-4-13)26(19,23)24/h2-9,22H,10H2,1H3,(H2,19,23,24). The first-order valence-corrected chi connectivity index (χ1v) is 9.43. The summed E-state index contributed by atoms with van der Waals surface area (Å²) in [5.41, 5.74) is 2.52. The van der Waals surface area contributed by atoms with Gasteiger partial charge < -0.3 is 9.84 Å². The van der Waals surface area contributed by atoms with Crippen molar-refractivity contribution < 1.29 is 18.3 Å². The van der Waals surface area contributed by atoms with Crippen molar-refractivity contribution in [3.05, 3.63) is 59.2 Å². The van der Waals surface area contributed by atoms with E-state index in [9.17, 15) is 13.5 Å². The molecule has 2 aromatic carbocycles. The van der Waals surface area contributed by atoms with Crippen LogP contribution in [0.15, 0.2) is 53.4 Å². The van der Waals surface area contributed by atoms with Crippen molar-refractivity contribution in [2.75, 3.05) is 7.11 Å². The zero-order valence-corrected chi connectivity index (χ0v) is 15.3. The molecule has 0 unspecified atom stereocenters. The SMILES string of the molecule is COc1ccc(-c2cc(CO)nn2-c2ccc(S(N)(=O)=O)cc2)cc1Cl. The third-order valence-corrected chi connectivity index (χ3v) is 5.00. The van der Waals surface area contributed by atoms with Crippen LogP contribution in [0.5, 0.6) is 5.75 Å². The highest BCUT2D eigenvalue weighted by Gasteiger charge is 2.14. The summed E-state index contributed by atoms with van der Waals surface area (Å²) in [5.74, 6) is 0.543. The maximum atomic E-state index is 11.4. The Balaban J connectivity index is 2.11. The first-order valence-electron chi connectivity index (χ1n) is 7.50. The van der Waals surface area contributed by atoms with Gasteiger partial charge in [-0.25, -0.2) is 18.2 Å². The lowest BCUT2D eigenvalue weighted by molar-refractivity contribution is 0.276.